The third-order valence-electron chi connectivity index (χ3n) is 7.33. The second-order valence-electron chi connectivity index (χ2n) is 9.77. The third-order valence-corrected chi connectivity index (χ3v) is 8.63. The van der Waals surface area contributed by atoms with Crippen LogP contribution in [0.15, 0.2) is 71.9 Å². The van der Waals surface area contributed by atoms with Gasteiger partial charge in [0.25, 0.3) is 0 Å². The number of benzene rings is 3. The Morgan fingerprint density at radius 2 is 1.84 bits per heavy atom. The van der Waals surface area contributed by atoms with Crippen molar-refractivity contribution in [1.29, 1.82) is 0 Å². The van der Waals surface area contributed by atoms with Crippen molar-refractivity contribution in [2.75, 3.05) is 13.2 Å². The summed E-state index contributed by atoms with van der Waals surface area (Å²) in [6.45, 7) is 7.48. The fourth-order valence-electron chi connectivity index (χ4n) is 5.02. The minimum Gasteiger partial charge on any atom is -0.485 e. The molecule has 7 heteroatoms. The molecule has 0 N–H and O–H groups in total. The van der Waals surface area contributed by atoms with Crippen LogP contribution in [0.1, 0.15) is 51.6 Å². The van der Waals surface area contributed by atoms with Crippen molar-refractivity contribution >= 4 is 38.2 Å². The largest absolute Gasteiger partial charge is 0.485 e. The van der Waals surface area contributed by atoms with Gasteiger partial charge < -0.3 is 9.47 Å². The number of thiophene rings is 1. The predicted octanol–water partition coefficient (Wildman–Crippen LogP) is 7.89. The van der Waals surface area contributed by atoms with E-state index in [1.165, 1.54) is 5.56 Å². The maximum absolute atomic E-state index is 12.9. The van der Waals surface area contributed by atoms with E-state index in [0.717, 1.165) is 44.9 Å². The van der Waals surface area contributed by atoms with Crippen LogP contribution in [0.2, 0.25) is 0 Å². The second-order valence-corrected chi connectivity index (χ2v) is 10.8. The molecule has 6 nitrogen and oxygen atoms in total. The van der Waals surface area contributed by atoms with Crippen molar-refractivity contribution < 1.29 is 14.3 Å². The van der Waals surface area contributed by atoms with Gasteiger partial charge in [0.15, 0.2) is 0 Å². The summed E-state index contributed by atoms with van der Waals surface area (Å²) >= 11 is 1.62. The average molecular weight is 523 g/mol. The molecule has 1 unspecified atom stereocenters. The highest BCUT2D eigenvalue weighted by molar-refractivity contribution is 7.22. The van der Waals surface area contributed by atoms with Crippen LogP contribution >= 0.6 is 11.3 Å². The van der Waals surface area contributed by atoms with Crippen molar-refractivity contribution in [2.24, 2.45) is 5.18 Å². The van der Waals surface area contributed by atoms with Gasteiger partial charge in [0.05, 0.1) is 40.3 Å². The van der Waals surface area contributed by atoms with E-state index in [-0.39, 0.29) is 11.7 Å². The van der Waals surface area contributed by atoms with Crippen LogP contribution in [0.4, 0.5) is 0 Å². The average Bonchev–Trinajstić information content (AvgIpc) is 3.25. The Morgan fingerprint density at radius 1 is 1.08 bits per heavy atom. The van der Waals surface area contributed by atoms with Crippen LogP contribution in [-0.2, 0) is 4.74 Å². The van der Waals surface area contributed by atoms with Gasteiger partial charge in [-0.15, -0.1) is 16.2 Å². The van der Waals surface area contributed by atoms with E-state index in [1.807, 2.05) is 38.1 Å². The molecule has 1 saturated heterocycles. The smallest absolute Gasteiger partial charge is 0.317 e. The monoisotopic (exact) mass is 522 g/mol. The fourth-order valence-corrected chi connectivity index (χ4v) is 6.19. The van der Waals surface area contributed by atoms with E-state index < -0.39 is 5.91 Å². The van der Waals surface area contributed by atoms with Crippen LogP contribution in [0, 0.1) is 18.8 Å². The molecule has 190 valence electrons. The molecule has 3 aromatic carbocycles. The van der Waals surface area contributed by atoms with E-state index in [4.69, 9.17) is 14.5 Å². The van der Waals surface area contributed by atoms with Crippen LogP contribution in [0.3, 0.4) is 0 Å². The number of carbonyl (C=O) groups excluding carboxylic acids is 1. The van der Waals surface area contributed by atoms with E-state index in [1.54, 1.807) is 17.4 Å². The SMILES string of the molecule is Cc1c(-c2cc(C(=O)N=O)c3c(OC(C)c4ccc(C5COC5)cc4)ccc(C)c3n2)sc2ccccc12. The number of pyridine rings is 1. The van der Waals surface area contributed by atoms with Gasteiger partial charge in [-0.05, 0) is 66.6 Å². The summed E-state index contributed by atoms with van der Waals surface area (Å²) in [6.07, 6.45) is -0.288. The van der Waals surface area contributed by atoms with Gasteiger partial charge in [0, 0.05) is 15.8 Å². The number of aromatic nitrogens is 1. The zero-order valence-corrected chi connectivity index (χ0v) is 22.2. The Kier molecular flexibility index (Phi) is 6.26. The molecule has 0 bridgehead atoms. The summed E-state index contributed by atoms with van der Waals surface area (Å²) in [7, 11) is 0. The Morgan fingerprint density at radius 3 is 2.53 bits per heavy atom. The fraction of sp³-hybridized carbons (Fsp3) is 0.226. The molecule has 0 spiro atoms. The molecular weight excluding hydrogens is 496 g/mol. The Balaban J connectivity index is 1.44. The summed E-state index contributed by atoms with van der Waals surface area (Å²) < 4.78 is 12.9. The number of aryl methyl sites for hydroxylation is 2. The number of nitrogens with zero attached hydrogens (tertiary/aromatic N) is 2. The first-order valence-electron chi connectivity index (χ1n) is 12.6. The van der Waals surface area contributed by atoms with E-state index in [9.17, 15) is 9.70 Å². The van der Waals surface area contributed by atoms with Gasteiger partial charge in [0.2, 0.25) is 0 Å². The highest BCUT2D eigenvalue weighted by Gasteiger charge is 2.23. The maximum atomic E-state index is 12.9. The van der Waals surface area contributed by atoms with E-state index >= 15 is 0 Å². The molecule has 1 fully saturated rings. The molecule has 1 aliphatic rings. The molecule has 0 aliphatic carbocycles. The number of fused-ring (bicyclic) bond motifs is 2. The van der Waals surface area contributed by atoms with Crippen LogP contribution in [-0.4, -0.2) is 24.1 Å². The first-order valence-corrected chi connectivity index (χ1v) is 13.4. The summed E-state index contributed by atoms with van der Waals surface area (Å²) in [6, 6.07) is 22.0. The number of hydrogen-bond acceptors (Lipinski definition) is 6. The predicted molar refractivity (Wildman–Crippen MR) is 151 cm³/mol. The van der Waals surface area contributed by atoms with E-state index in [2.05, 4.69) is 48.5 Å². The highest BCUT2D eigenvalue weighted by atomic mass is 32.1. The number of nitroso groups, excluding NO2 is 1. The highest BCUT2D eigenvalue weighted by Crippen LogP contribution is 2.41. The molecule has 6 rings (SSSR count). The first kappa shape index (κ1) is 24.4. The summed E-state index contributed by atoms with van der Waals surface area (Å²) in [5.41, 5.74) is 5.70. The number of rotatable bonds is 6. The Bertz CT molecular complexity index is 1700. The van der Waals surface area contributed by atoms with Crippen molar-refractivity contribution in [1.82, 2.24) is 4.98 Å². The van der Waals surface area contributed by atoms with Gasteiger partial charge in [-0.3, -0.25) is 4.79 Å². The molecule has 38 heavy (non-hydrogen) atoms. The zero-order valence-electron chi connectivity index (χ0n) is 21.4. The minimum absolute atomic E-state index is 0.197. The summed E-state index contributed by atoms with van der Waals surface area (Å²) in [4.78, 5) is 30.3. The van der Waals surface area contributed by atoms with Gasteiger partial charge in [-0.1, -0.05) is 48.5 Å². The quantitative estimate of drug-likeness (QED) is 0.212. The Labute approximate surface area is 224 Å². The second kappa shape index (κ2) is 9.74. The number of carbonyl (C=O) groups is 1. The maximum Gasteiger partial charge on any atom is 0.317 e. The molecule has 3 heterocycles. The van der Waals surface area contributed by atoms with Gasteiger partial charge >= 0.3 is 5.91 Å². The standard InChI is InChI=1S/C31H26N2O4S/c1-17-8-13-26(37-19(3)20-9-11-21(12-10-20)22-15-36-16-22)28-24(31(34)33-35)14-25(32-29(17)28)30-18(2)23-6-4-5-7-27(23)38-30/h4-14,19,22H,15-16H2,1-3H3. The van der Waals surface area contributed by atoms with Crippen LogP contribution < -0.4 is 4.74 Å². The normalized spacial score (nSPS) is 14.4. The lowest BCUT2D eigenvalue weighted by Gasteiger charge is -2.26. The van der Waals surface area contributed by atoms with Crippen molar-refractivity contribution in [2.45, 2.75) is 32.8 Å². The molecule has 2 aromatic heterocycles. The minimum atomic E-state index is -0.840. The molecule has 1 atom stereocenters. The molecule has 1 aliphatic heterocycles. The van der Waals surface area contributed by atoms with Gasteiger partial charge in [-0.2, -0.15) is 0 Å². The number of ether oxygens (including phenoxy) is 2. The van der Waals surface area contributed by atoms with Gasteiger partial charge in [0.1, 0.15) is 11.9 Å². The number of amides is 1. The Hall–Kier alpha value is -3.94. The van der Waals surface area contributed by atoms with Crippen molar-refractivity contribution in [3.63, 3.8) is 0 Å². The first-order chi connectivity index (χ1) is 18.4. The molecule has 0 saturated carbocycles. The lowest BCUT2D eigenvalue weighted by Crippen LogP contribution is -2.24. The van der Waals surface area contributed by atoms with Crippen LogP contribution in [0.25, 0.3) is 31.6 Å². The molecule has 1 amide bonds. The summed E-state index contributed by atoms with van der Waals surface area (Å²) in [5.74, 6) is 0.108. The van der Waals surface area contributed by atoms with Crippen molar-refractivity contribution in [3.8, 4) is 16.3 Å². The topological polar surface area (TPSA) is 77.9 Å². The lowest BCUT2D eigenvalue weighted by molar-refractivity contribution is 0.00840. The van der Waals surface area contributed by atoms with Gasteiger partial charge in [-0.25, -0.2) is 4.98 Å². The molecule has 0 radical (unpaired) electrons. The lowest BCUT2D eigenvalue weighted by atomic mass is 9.96. The summed E-state index contributed by atoms with van der Waals surface area (Å²) in [5, 5.41) is 4.43. The third kappa shape index (κ3) is 4.18. The van der Waals surface area contributed by atoms with Crippen molar-refractivity contribution in [3.05, 3.63) is 99.5 Å². The zero-order chi connectivity index (χ0) is 26.4. The molecule has 5 aromatic rings. The van der Waals surface area contributed by atoms with E-state index in [0.29, 0.717) is 28.3 Å². The number of hydrogen-bond donors (Lipinski definition) is 0. The van der Waals surface area contributed by atoms with Crippen LogP contribution in [0.5, 0.6) is 5.75 Å². The molecular formula is C31H26N2O4S.